The highest BCUT2D eigenvalue weighted by atomic mass is 19.1. The maximum Gasteiger partial charge on any atom is 0.335 e. The molecule has 0 saturated heterocycles. The van der Waals surface area contributed by atoms with Gasteiger partial charge in [0.25, 0.3) is 0 Å². The van der Waals surface area contributed by atoms with Crippen molar-refractivity contribution in [3.8, 4) is 0 Å². The van der Waals surface area contributed by atoms with E-state index in [2.05, 4.69) is 5.32 Å². The Balaban J connectivity index is 1.72. The van der Waals surface area contributed by atoms with Crippen molar-refractivity contribution in [3.63, 3.8) is 0 Å². The molecule has 1 unspecified atom stereocenters. The SMILES string of the molecule is CC(CC(=O)NCCc1ccc(C(=O)O)cc1)Cc1cccc(F)c1. The molecule has 2 N–H and O–H groups in total. The van der Waals surface area contributed by atoms with Gasteiger partial charge in [0.15, 0.2) is 0 Å². The molecule has 1 amide bonds. The van der Waals surface area contributed by atoms with E-state index in [0.717, 1.165) is 11.1 Å². The zero-order chi connectivity index (χ0) is 18.2. The minimum atomic E-state index is -0.952. The van der Waals surface area contributed by atoms with Crippen molar-refractivity contribution in [2.24, 2.45) is 5.92 Å². The van der Waals surface area contributed by atoms with E-state index in [4.69, 9.17) is 5.11 Å². The quantitative estimate of drug-likeness (QED) is 0.771. The first-order valence-electron chi connectivity index (χ1n) is 8.27. The molecule has 0 fully saturated rings. The highest BCUT2D eigenvalue weighted by Gasteiger charge is 2.10. The molecule has 5 heteroatoms. The molecule has 2 aromatic carbocycles. The predicted octanol–water partition coefficient (Wildman–Crippen LogP) is 3.45. The number of halogens is 1. The fourth-order valence-corrected chi connectivity index (χ4v) is 2.69. The van der Waals surface area contributed by atoms with Crippen LogP contribution in [0.1, 0.15) is 34.8 Å². The second-order valence-electron chi connectivity index (χ2n) is 6.25. The highest BCUT2D eigenvalue weighted by Crippen LogP contribution is 2.13. The molecule has 2 rings (SSSR count). The van der Waals surface area contributed by atoms with E-state index in [1.165, 1.54) is 12.1 Å². The summed E-state index contributed by atoms with van der Waals surface area (Å²) in [4.78, 5) is 22.8. The lowest BCUT2D eigenvalue weighted by Gasteiger charge is -2.12. The van der Waals surface area contributed by atoms with E-state index >= 15 is 0 Å². The van der Waals surface area contributed by atoms with Crippen molar-refractivity contribution in [1.82, 2.24) is 5.32 Å². The molecule has 0 radical (unpaired) electrons. The normalized spacial score (nSPS) is 11.8. The van der Waals surface area contributed by atoms with Crippen molar-refractivity contribution >= 4 is 11.9 Å². The number of hydrogen-bond donors (Lipinski definition) is 2. The van der Waals surface area contributed by atoms with E-state index in [-0.39, 0.29) is 23.2 Å². The van der Waals surface area contributed by atoms with Crippen LogP contribution in [-0.4, -0.2) is 23.5 Å². The van der Waals surface area contributed by atoms with Crippen LogP contribution in [0.2, 0.25) is 0 Å². The summed E-state index contributed by atoms with van der Waals surface area (Å²) in [6.07, 6.45) is 1.68. The molecular formula is C20H22FNO3. The molecule has 2 aromatic rings. The van der Waals surface area contributed by atoms with Crippen molar-refractivity contribution < 1.29 is 19.1 Å². The smallest absolute Gasteiger partial charge is 0.335 e. The summed E-state index contributed by atoms with van der Waals surface area (Å²) in [6, 6.07) is 13.1. The summed E-state index contributed by atoms with van der Waals surface area (Å²) in [5.41, 5.74) is 2.11. The van der Waals surface area contributed by atoms with Gasteiger partial charge in [0, 0.05) is 13.0 Å². The van der Waals surface area contributed by atoms with E-state index < -0.39 is 5.97 Å². The van der Waals surface area contributed by atoms with E-state index in [1.54, 1.807) is 30.3 Å². The Bertz CT molecular complexity index is 728. The lowest BCUT2D eigenvalue weighted by atomic mass is 9.97. The van der Waals surface area contributed by atoms with Crippen molar-refractivity contribution in [2.75, 3.05) is 6.54 Å². The topological polar surface area (TPSA) is 66.4 Å². The molecule has 0 bridgehead atoms. The molecule has 0 aliphatic rings. The number of nitrogens with one attached hydrogen (secondary N) is 1. The molecule has 0 saturated carbocycles. The van der Waals surface area contributed by atoms with Gasteiger partial charge in [-0.1, -0.05) is 31.2 Å². The summed E-state index contributed by atoms with van der Waals surface area (Å²) in [7, 11) is 0. The van der Waals surface area contributed by atoms with Crippen molar-refractivity contribution in [2.45, 2.75) is 26.2 Å². The largest absolute Gasteiger partial charge is 0.478 e. The molecule has 0 aliphatic carbocycles. The van der Waals surface area contributed by atoms with Gasteiger partial charge in [-0.3, -0.25) is 4.79 Å². The third-order valence-electron chi connectivity index (χ3n) is 3.94. The Labute approximate surface area is 146 Å². The van der Waals surface area contributed by atoms with Gasteiger partial charge in [0.05, 0.1) is 5.56 Å². The monoisotopic (exact) mass is 343 g/mol. The first-order valence-corrected chi connectivity index (χ1v) is 8.27. The summed E-state index contributed by atoms with van der Waals surface area (Å²) in [5, 5.41) is 11.7. The van der Waals surface area contributed by atoms with Gasteiger partial charge in [-0.25, -0.2) is 9.18 Å². The van der Waals surface area contributed by atoms with Crippen molar-refractivity contribution in [3.05, 3.63) is 71.0 Å². The molecule has 0 aromatic heterocycles. The molecule has 1 atom stereocenters. The summed E-state index contributed by atoms with van der Waals surface area (Å²) in [5.74, 6) is -1.13. The average molecular weight is 343 g/mol. The minimum absolute atomic E-state index is 0.0361. The highest BCUT2D eigenvalue weighted by molar-refractivity contribution is 5.87. The van der Waals surface area contributed by atoms with E-state index in [9.17, 15) is 14.0 Å². The third kappa shape index (κ3) is 6.37. The van der Waals surface area contributed by atoms with Gasteiger partial charge in [-0.2, -0.15) is 0 Å². The van der Waals surface area contributed by atoms with Crippen LogP contribution in [0, 0.1) is 11.7 Å². The standard InChI is InChI=1S/C20H22FNO3/c1-14(11-16-3-2-4-18(21)13-16)12-19(23)22-10-9-15-5-7-17(8-6-15)20(24)25/h2-8,13-14H,9-12H2,1H3,(H,22,23)(H,24,25). The summed E-state index contributed by atoms with van der Waals surface area (Å²) >= 11 is 0. The van der Waals surface area contributed by atoms with Crippen molar-refractivity contribution in [1.29, 1.82) is 0 Å². The summed E-state index contributed by atoms with van der Waals surface area (Å²) in [6.45, 7) is 2.47. The molecule has 25 heavy (non-hydrogen) atoms. The predicted molar refractivity (Wildman–Crippen MR) is 94.0 cm³/mol. The molecule has 0 heterocycles. The van der Waals surface area contributed by atoms with Crippen LogP contribution < -0.4 is 5.32 Å². The number of benzene rings is 2. The first kappa shape index (κ1) is 18.6. The van der Waals surface area contributed by atoms with Crippen LogP contribution in [0.3, 0.4) is 0 Å². The Morgan fingerprint density at radius 2 is 1.84 bits per heavy atom. The Morgan fingerprint density at radius 1 is 1.12 bits per heavy atom. The summed E-state index contributed by atoms with van der Waals surface area (Å²) < 4.78 is 13.2. The number of carbonyl (C=O) groups is 2. The second-order valence-corrected chi connectivity index (χ2v) is 6.25. The number of amides is 1. The number of carbonyl (C=O) groups excluding carboxylic acids is 1. The molecule has 4 nitrogen and oxygen atoms in total. The second kappa shape index (κ2) is 8.97. The molecule has 0 spiro atoms. The zero-order valence-electron chi connectivity index (χ0n) is 14.2. The number of hydrogen-bond acceptors (Lipinski definition) is 2. The Morgan fingerprint density at radius 3 is 2.48 bits per heavy atom. The lowest BCUT2D eigenvalue weighted by molar-refractivity contribution is -0.121. The maximum absolute atomic E-state index is 13.2. The van der Waals surface area contributed by atoms with E-state index in [0.29, 0.717) is 25.8 Å². The third-order valence-corrected chi connectivity index (χ3v) is 3.94. The number of carboxylic acid groups (broad SMARTS) is 1. The Kier molecular flexibility index (Phi) is 6.69. The minimum Gasteiger partial charge on any atom is -0.478 e. The van der Waals surface area contributed by atoms with Gasteiger partial charge < -0.3 is 10.4 Å². The van der Waals surface area contributed by atoms with Crippen LogP contribution in [0.5, 0.6) is 0 Å². The van der Waals surface area contributed by atoms with Gasteiger partial charge in [-0.05, 0) is 54.2 Å². The first-order chi connectivity index (χ1) is 11.9. The fourth-order valence-electron chi connectivity index (χ4n) is 2.69. The van der Waals surface area contributed by atoms with Crippen LogP contribution in [0.15, 0.2) is 48.5 Å². The molecule has 132 valence electrons. The van der Waals surface area contributed by atoms with Gasteiger partial charge in [0.1, 0.15) is 5.82 Å². The molecular weight excluding hydrogens is 321 g/mol. The van der Waals surface area contributed by atoms with Crippen LogP contribution in [0.25, 0.3) is 0 Å². The Hall–Kier alpha value is -2.69. The number of carboxylic acids is 1. The fraction of sp³-hybridized carbons (Fsp3) is 0.300. The van der Waals surface area contributed by atoms with Crippen LogP contribution in [-0.2, 0) is 17.6 Å². The van der Waals surface area contributed by atoms with E-state index in [1.807, 2.05) is 13.0 Å². The van der Waals surface area contributed by atoms with Crippen LogP contribution in [0.4, 0.5) is 4.39 Å². The van der Waals surface area contributed by atoms with Gasteiger partial charge in [0.2, 0.25) is 5.91 Å². The van der Waals surface area contributed by atoms with Crippen LogP contribution >= 0.6 is 0 Å². The number of rotatable bonds is 8. The van der Waals surface area contributed by atoms with Gasteiger partial charge >= 0.3 is 5.97 Å². The maximum atomic E-state index is 13.2. The number of aromatic carboxylic acids is 1. The average Bonchev–Trinajstić information content (AvgIpc) is 2.55. The zero-order valence-corrected chi connectivity index (χ0v) is 14.2. The molecule has 0 aliphatic heterocycles. The lowest BCUT2D eigenvalue weighted by Crippen LogP contribution is -2.27. The van der Waals surface area contributed by atoms with Gasteiger partial charge in [-0.15, -0.1) is 0 Å².